The molecule has 1 aromatic heterocycles. The molecule has 0 aromatic carbocycles. The number of hydrogen-bond donors (Lipinski definition) is 1. The minimum Gasteiger partial charge on any atom is -0.479 e. The first-order chi connectivity index (χ1) is 8.41. The number of halogens is 1. The highest BCUT2D eigenvalue weighted by Gasteiger charge is 2.40. The zero-order valence-electron chi connectivity index (χ0n) is 10.1. The van der Waals surface area contributed by atoms with E-state index in [-0.39, 0.29) is 11.9 Å². The predicted octanol–water partition coefficient (Wildman–Crippen LogP) is 2.96. The number of aliphatic carboxylic acids is 1. The van der Waals surface area contributed by atoms with Gasteiger partial charge in [0, 0.05) is 27.2 Å². The lowest BCUT2D eigenvalue weighted by Crippen LogP contribution is -2.38. The van der Waals surface area contributed by atoms with Crippen LogP contribution in [0.15, 0.2) is 10.5 Å². The van der Waals surface area contributed by atoms with Gasteiger partial charge < -0.3 is 10.0 Å². The summed E-state index contributed by atoms with van der Waals surface area (Å²) in [5.74, 6) is -1.14. The highest BCUT2D eigenvalue weighted by molar-refractivity contribution is 9.10. The molecule has 1 unspecified atom stereocenters. The molecule has 0 aliphatic heterocycles. The van der Waals surface area contributed by atoms with Gasteiger partial charge in [0.25, 0.3) is 0 Å². The summed E-state index contributed by atoms with van der Waals surface area (Å²) in [5, 5.41) is 9.42. The van der Waals surface area contributed by atoms with Crippen LogP contribution in [-0.4, -0.2) is 27.9 Å². The number of amides is 1. The standard InChI is InChI=1S/C12H14BrNO3S/c1-6-9(13)5-10(18-6)11(12(16)17)14(7(2)15)8-3-4-8/h5,8,11H,3-4H2,1-2H3,(H,16,17). The van der Waals surface area contributed by atoms with Crippen molar-refractivity contribution in [3.05, 3.63) is 20.3 Å². The van der Waals surface area contributed by atoms with Gasteiger partial charge >= 0.3 is 5.97 Å². The van der Waals surface area contributed by atoms with Crippen LogP contribution in [0.5, 0.6) is 0 Å². The van der Waals surface area contributed by atoms with Gasteiger partial charge in [0.15, 0.2) is 6.04 Å². The van der Waals surface area contributed by atoms with Crippen LogP contribution >= 0.6 is 27.3 Å². The number of rotatable bonds is 4. The third-order valence-electron chi connectivity index (χ3n) is 2.96. The number of carboxylic acid groups (broad SMARTS) is 1. The summed E-state index contributed by atoms with van der Waals surface area (Å²) in [7, 11) is 0. The van der Waals surface area contributed by atoms with Gasteiger partial charge in [0.05, 0.1) is 0 Å². The van der Waals surface area contributed by atoms with Crippen LogP contribution in [0.4, 0.5) is 0 Å². The molecule has 1 aromatic rings. The molecule has 1 saturated carbocycles. The lowest BCUT2D eigenvalue weighted by molar-refractivity contribution is -0.150. The Morgan fingerprint density at radius 3 is 2.50 bits per heavy atom. The van der Waals surface area contributed by atoms with Gasteiger partial charge in [-0.3, -0.25) is 4.79 Å². The highest BCUT2D eigenvalue weighted by Crippen LogP contribution is 2.39. The number of carboxylic acids is 1. The summed E-state index contributed by atoms with van der Waals surface area (Å²) in [6.45, 7) is 3.36. The summed E-state index contributed by atoms with van der Waals surface area (Å²) < 4.78 is 0.896. The molecule has 0 spiro atoms. The van der Waals surface area contributed by atoms with Crippen LogP contribution in [0.25, 0.3) is 0 Å². The average molecular weight is 332 g/mol. The molecule has 1 fully saturated rings. The van der Waals surface area contributed by atoms with E-state index in [1.807, 2.05) is 6.92 Å². The molecule has 1 aliphatic rings. The van der Waals surface area contributed by atoms with E-state index in [0.717, 1.165) is 22.2 Å². The van der Waals surface area contributed by atoms with Crippen molar-refractivity contribution in [2.75, 3.05) is 0 Å². The molecule has 0 radical (unpaired) electrons. The summed E-state index contributed by atoms with van der Waals surface area (Å²) in [5.41, 5.74) is 0. The number of thiophene rings is 1. The van der Waals surface area contributed by atoms with Gasteiger partial charge in [-0.2, -0.15) is 0 Å². The fourth-order valence-corrected chi connectivity index (χ4v) is 3.65. The lowest BCUT2D eigenvalue weighted by Gasteiger charge is -2.27. The minimum atomic E-state index is -0.967. The minimum absolute atomic E-state index is 0.0878. The Balaban J connectivity index is 2.38. The van der Waals surface area contributed by atoms with Crippen LogP contribution in [0.3, 0.4) is 0 Å². The quantitative estimate of drug-likeness (QED) is 0.922. The topological polar surface area (TPSA) is 57.6 Å². The predicted molar refractivity (Wildman–Crippen MR) is 72.7 cm³/mol. The molecule has 1 heterocycles. The number of carbonyl (C=O) groups excluding carboxylic acids is 1. The fraction of sp³-hybridized carbons (Fsp3) is 0.500. The van der Waals surface area contributed by atoms with Crippen LogP contribution in [0.2, 0.25) is 0 Å². The van der Waals surface area contributed by atoms with Gasteiger partial charge in [-0.05, 0) is 41.8 Å². The molecule has 98 valence electrons. The summed E-state index contributed by atoms with van der Waals surface area (Å²) in [4.78, 5) is 26.4. The average Bonchev–Trinajstić information content (AvgIpc) is 3.02. The summed E-state index contributed by atoms with van der Waals surface area (Å²) in [6, 6.07) is 1.03. The maximum absolute atomic E-state index is 11.7. The highest BCUT2D eigenvalue weighted by atomic mass is 79.9. The third-order valence-corrected chi connectivity index (χ3v) is 5.15. The first-order valence-corrected chi connectivity index (χ1v) is 7.30. The second-order valence-electron chi connectivity index (χ2n) is 4.45. The Morgan fingerprint density at radius 2 is 2.17 bits per heavy atom. The molecule has 1 atom stereocenters. The summed E-state index contributed by atoms with van der Waals surface area (Å²) >= 11 is 4.81. The van der Waals surface area contributed by atoms with Crippen molar-refractivity contribution >= 4 is 39.1 Å². The molecule has 4 nitrogen and oxygen atoms in total. The monoisotopic (exact) mass is 331 g/mol. The van der Waals surface area contributed by atoms with Gasteiger partial charge in [-0.1, -0.05) is 0 Å². The van der Waals surface area contributed by atoms with Crippen LogP contribution in [-0.2, 0) is 9.59 Å². The normalized spacial score (nSPS) is 16.4. The van der Waals surface area contributed by atoms with E-state index < -0.39 is 12.0 Å². The maximum Gasteiger partial charge on any atom is 0.331 e. The van der Waals surface area contributed by atoms with E-state index in [4.69, 9.17) is 0 Å². The van der Waals surface area contributed by atoms with Crippen molar-refractivity contribution in [3.63, 3.8) is 0 Å². The van der Waals surface area contributed by atoms with E-state index in [1.165, 1.54) is 23.2 Å². The SMILES string of the molecule is CC(=O)N(C1CC1)C(C(=O)O)c1cc(Br)c(C)s1. The zero-order chi connectivity index (χ0) is 13.4. The Labute approximate surface area is 118 Å². The van der Waals surface area contributed by atoms with Crippen molar-refractivity contribution in [1.82, 2.24) is 4.90 Å². The number of nitrogens with zero attached hydrogens (tertiary/aromatic N) is 1. The smallest absolute Gasteiger partial charge is 0.331 e. The molecular weight excluding hydrogens is 318 g/mol. The first kappa shape index (κ1) is 13.5. The fourth-order valence-electron chi connectivity index (χ4n) is 2.00. The van der Waals surface area contributed by atoms with Crippen molar-refractivity contribution in [1.29, 1.82) is 0 Å². The molecule has 1 amide bonds. The maximum atomic E-state index is 11.7. The van der Waals surface area contributed by atoms with E-state index in [0.29, 0.717) is 4.88 Å². The second kappa shape index (κ2) is 5.01. The zero-order valence-corrected chi connectivity index (χ0v) is 12.5. The third kappa shape index (κ3) is 2.59. The molecule has 2 rings (SSSR count). The summed E-state index contributed by atoms with van der Waals surface area (Å²) in [6.07, 6.45) is 1.80. The van der Waals surface area contributed by atoms with Gasteiger partial charge in [-0.25, -0.2) is 4.79 Å². The molecule has 0 bridgehead atoms. The van der Waals surface area contributed by atoms with E-state index in [1.54, 1.807) is 6.07 Å². The van der Waals surface area contributed by atoms with E-state index in [2.05, 4.69) is 15.9 Å². The Hall–Kier alpha value is -0.880. The van der Waals surface area contributed by atoms with Gasteiger partial charge in [0.2, 0.25) is 5.91 Å². The van der Waals surface area contributed by atoms with Crippen molar-refractivity contribution in [2.45, 2.75) is 38.8 Å². The molecular formula is C12H14BrNO3S. The van der Waals surface area contributed by atoms with E-state index in [9.17, 15) is 14.7 Å². The Morgan fingerprint density at radius 1 is 1.56 bits per heavy atom. The molecule has 0 saturated heterocycles. The van der Waals surface area contributed by atoms with Gasteiger partial charge in [-0.15, -0.1) is 11.3 Å². The second-order valence-corrected chi connectivity index (χ2v) is 6.59. The lowest BCUT2D eigenvalue weighted by atomic mass is 10.2. The van der Waals surface area contributed by atoms with Gasteiger partial charge in [0.1, 0.15) is 0 Å². The van der Waals surface area contributed by atoms with Crippen LogP contribution < -0.4 is 0 Å². The van der Waals surface area contributed by atoms with E-state index >= 15 is 0 Å². The largest absolute Gasteiger partial charge is 0.479 e. The Bertz CT molecular complexity index is 476. The molecule has 1 aliphatic carbocycles. The molecule has 6 heteroatoms. The number of carbonyl (C=O) groups is 2. The van der Waals surface area contributed by atoms with Crippen LogP contribution in [0.1, 0.15) is 35.6 Å². The van der Waals surface area contributed by atoms with Crippen molar-refractivity contribution in [3.8, 4) is 0 Å². The van der Waals surface area contributed by atoms with Crippen LogP contribution in [0, 0.1) is 6.92 Å². The molecule has 1 N–H and O–H groups in total. The number of hydrogen-bond acceptors (Lipinski definition) is 3. The first-order valence-electron chi connectivity index (χ1n) is 5.69. The Kier molecular flexibility index (Phi) is 3.77. The van der Waals surface area contributed by atoms with Crippen molar-refractivity contribution < 1.29 is 14.7 Å². The molecule has 18 heavy (non-hydrogen) atoms. The number of aryl methyl sites for hydroxylation is 1. The van der Waals surface area contributed by atoms with Crippen molar-refractivity contribution in [2.24, 2.45) is 0 Å².